The van der Waals surface area contributed by atoms with Crippen LogP contribution in [0, 0.1) is 5.92 Å². The van der Waals surface area contributed by atoms with E-state index in [1.54, 1.807) is 23.5 Å². The molecule has 4 rings (SSSR count). The van der Waals surface area contributed by atoms with E-state index in [1.807, 2.05) is 39.4 Å². The number of hydrogen-bond acceptors (Lipinski definition) is 5. The van der Waals surface area contributed by atoms with Gasteiger partial charge in [0.2, 0.25) is 5.91 Å². The van der Waals surface area contributed by atoms with Crippen molar-refractivity contribution in [3.05, 3.63) is 51.7 Å². The largest absolute Gasteiger partial charge is 0.390 e. The molecule has 6 nitrogen and oxygen atoms in total. The van der Waals surface area contributed by atoms with Crippen LogP contribution in [0.1, 0.15) is 11.3 Å². The number of nitrogens with two attached hydrogens (primary N) is 1. The Morgan fingerprint density at radius 2 is 1.96 bits per heavy atom. The normalized spacial score (nSPS) is 29.8. The number of aliphatic hydroxyl groups is 2. The molecular weight excluding hydrogens is 418 g/mol. The molecular formula is C19H20ClN3O3S2. The van der Waals surface area contributed by atoms with Gasteiger partial charge in [0.25, 0.3) is 0 Å². The van der Waals surface area contributed by atoms with Crippen LogP contribution in [0.15, 0.2) is 41.8 Å². The predicted molar refractivity (Wildman–Crippen MR) is 113 cm³/mol. The van der Waals surface area contributed by atoms with Crippen LogP contribution >= 0.6 is 35.2 Å². The summed E-state index contributed by atoms with van der Waals surface area (Å²) in [7, 11) is 0. The van der Waals surface area contributed by atoms with Crippen molar-refractivity contribution in [1.82, 2.24) is 4.90 Å². The van der Waals surface area contributed by atoms with Gasteiger partial charge in [-0.3, -0.25) is 4.79 Å². The Kier molecular flexibility index (Phi) is 5.32. The molecule has 1 aromatic carbocycles. The number of fused-ring (bicyclic) bond motifs is 1. The minimum atomic E-state index is -1.05. The maximum atomic E-state index is 12.2. The summed E-state index contributed by atoms with van der Waals surface area (Å²) in [6.07, 6.45) is -2.00. The van der Waals surface area contributed by atoms with E-state index in [-0.39, 0.29) is 6.42 Å². The molecule has 1 aliphatic carbocycles. The summed E-state index contributed by atoms with van der Waals surface area (Å²) in [5.41, 5.74) is 6.45. The number of nitrogens with zero attached hydrogens (tertiary/aromatic N) is 2. The van der Waals surface area contributed by atoms with Crippen LogP contribution in [0.2, 0.25) is 5.02 Å². The lowest BCUT2D eigenvalue weighted by Gasteiger charge is -2.42. The third-order valence-electron chi connectivity index (χ3n) is 5.49. The van der Waals surface area contributed by atoms with Crippen LogP contribution in [-0.2, 0) is 11.3 Å². The van der Waals surface area contributed by atoms with Crippen molar-refractivity contribution in [2.75, 3.05) is 4.90 Å². The molecule has 4 N–H and O–H groups in total. The van der Waals surface area contributed by atoms with Crippen molar-refractivity contribution in [3.63, 3.8) is 0 Å². The quantitative estimate of drug-likeness (QED) is 0.633. The molecule has 2 aliphatic rings. The molecule has 0 unspecified atom stereocenters. The van der Waals surface area contributed by atoms with Gasteiger partial charge in [-0.2, -0.15) is 0 Å². The lowest BCUT2D eigenvalue weighted by atomic mass is 9.77. The van der Waals surface area contributed by atoms with E-state index in [2.05, 4.69) is 0 Å². The van der Waals surface area contributed by atoms with Gasteiger partial charge in [-0.1, -0.05) is 17.7 Å². The molecule has 9 heteroatoms. The van der Waals surface area contributed by atoms with Gasteiger partial charge in [-0.25, -0.2) is 0 Å². The Hall–Kier alpha value is -1.71. The summed E-state index contributed by atoms with van der Waals surface area (Å²) in [5.74, 6) is -1.16. The zero-order valence-corrected chi connectivity index (χ0v) is 17.2. The fraction of sp³-hybridized carbons (Fsp3) is 0.368. The number of rotatable bonds is 4. The smallest absolute Gasteiger partial charge is 0.222 e. The predicted octanol–water partition coefficient (Wildman–Crippen LogP) is 1.97. The summed E-state index contributed by atoms with van der Waals surface area (Å²) in [4.78, 5) is 17.1. The highest BCUT2D eigenvalue weighted by Gasteiger charge is 2.56. The highest BCUT2D eigenvalue weighted by molar-refractivity contribution is 7.80. The van der Waals surface area contributed by atoms with Crippen LogP contribution < -0.4 is 10.6 Å². The zero-order chi connectivity index (χ0) is 20.0. The molecule has 1 aromatic heterocycles. The number of amides is 1. The van der Waals surface area contributed by atoms with Crippen molar-refractivity contribution in [2.45, 2.75) is 37.3 Å². The zero-order valence-electron chi connectivity index (χ0n) is 14.8. The summed E-state index contributed by atoms with van der Waals surface area (Å²) < 4.78 is 0. The Morgan fingerprint density at radius 1 is 1.25 bits per heavy atom. The van der Waals surface area contributed by atoms with E-state index in [9.17, 15) is 15.0 Å². The molecule has 0 spiro atoms. The first-order valence-electron chi connectivity index (χ1n) is 8.91. The summed E-state index contributed by atoms with van der Waals surface area (Å²) in [5, 5.41) is 24.3. The van der Waals surface area contributed by atoms with E-state index < -0.39 is 36.1 Å². The number of hydrogen-bond donors (Lipinski definition) is 3. The Bertz CT molecular complexity index is 877. The first-order chi connectivity index (χ1) is 13.4. The summed E-state index contributed by atoms with van der Waals surface area (Å²) in [6, 6.07) is 10.1. The molecule has 148 valence electrons. The monoisotopic (exact) mass is 437 g/mol. The van der Waals surface area contributed by atoms with Gasteiger partial charge in [-0.15, -0.1) is 11.3 Å². The Labute approximate surface area is 177 Å². The van der Waals surface area contributed by atoms with Crippen molar-refractivity contribution >= 4 is 51.9 Å². The van der Waals surface area contributed by atoms with E-state index in [0.717, 1.165) is 10.6 Å². The standard InChI is InChI=1S/C19H20ClN3O3S2/c20-10-3-5-11(6-4-10)23-15-13(18(21)26)8-14(24)17(25)16(15)22(19(23)27)9-12-2-1-7-28-12/h1-7,13-17,24-25H,8-9H2,(H2,21,26)/t13-,14-,15-,16+,17+/m1/s1. The van der Waals surface area contributed by atoms with Crippen molar-refractivity contribution in [3.8, 4) is 0 Å². The van der Waals surface area contributed by atoms with Crippen molar-refractivity contribution in [1.29, 1.82) is 0 Å². The number of primary amides is 1. The van der Waals surface area contributed by atoms with Crippen LogP contribution in [0.5, 0.6) is 0 Å². The van der Waals surface area contributed by atoms with Crippen LogP contribution in [0.25, 0.3) is 0 Å². The van der Waals surface area contributed by atoms with E-state index in [0.29, 0.717) is 16.7 Å². The Morgan fingerprint density at radius 3 is 2.57 bits per heavy atom. The topological polar surface area (TPSA) is 90.0 Å². The van der Waals surface area contributed by atoms with Gasteiger partial charge >= 0.3 is 0 Å². The molecule has 28 heavy (non-hydrogen) atoms. The maximum Gasteiger partial charge on any atom is 0.222 e. The second-order valence-electron chi connectivity index (χ2n) is 7.12. The van der Waals surface area contributed by atoms with Gasteiger partial charge in [-0.05, 0) is 54.4 Å². The van der Waals surface area contributed by atoms with Gasteiger partial charge in [0.1, 0.15) is 6.10 Å². The minimum Gasteiger partial charge on any atom is -0.390 e. The number of aliphatic hydroxyl groups excluding tert-OH is 2. The molecule has 1 amide bonds. The number of thiophene rings is 1. The first-order valence-corrected chi connectivity index (χ1v) is 10.6. The first kappa shape index (κ1) is 19.6. The minimum absolute atomic E-state index is 0.0945. The Balaban J connectivity index is 1.79. The number of anilines is 1. The highest BCUT2D eigenvalue weighted by atomic mass is 35.5. The SMILES string of the molecule is NC(=O)[C@@H]1C[C@@H](O)[C@H](O)[C@@H]2[C@@H]1N(c1ccc(Cl)cc1)C(=S)N2Cc1cccs1. The number of benzene rings is 1. The maximum absolute atomic E-state index is 12.2. The number of halogens is 1. The fourth-order valence-electron chi connectivity index (χ4n) is 4.21. The van der Waals surface area contributed by atoms with E-state index >= 15 is 0 Å². The molecule has 2 heterocycles. The lowest BCUT2D eigenvalue weighted by molar-refractivity contribution is -0.129. The summed E-state index contributed by atoms with van der Waals surface area (Å²) in [6.45, 7) is 0.483. The average molecular weight is 438 g/mol. The van der Waals surface area contributed by atoms with Gasteiger partial charge in [0.05, 0.1) is 30.7 Å². The second-order valence-corrected chi connectivity index (χ2v) is 8.95. The molecule has 1 saturated carbocycles. The van der Waals surface area contributed by atoms with Crippen LogP contribution in [-0.4, -0.2) is 50.4 Å². The van der Waals surface area contributed by atoms with Crippen LogP contribution in [0.3, 0.4) is 0 Å². The second kappa shape index (κ2) is 7.61. The molecule has 1 saturated heterocycles. The number of carbonyl (C=O) groups excluding carboxylic acids is 1. The van der Waals surface area contributed by atoms with Crippen molar-refractivity contribution in [2.24, 2.45) is 11.7 Å². The fourth-order valence-corrected chi connectivity index (χ4v) is 5.46. The lowest BCUT2D eigenvalue weighted by Crippen LogP contribution is -2.60. The third-order valence-corrected chi connectivity index (χ3v) is 7.03. The molecule has 2 aromatic rings. The summed E-state index contributed by atoms with van der Waals surface area (Å²) >= 11 is 13.4. The number of carbonyl (C=O) groups is 1. The van der Waals surface area contributed by atoms with Gasteiger partial charge in [0, 0.05) is 15.6 Å². The van der Waals surface area contributed by atoms with Gasteiger partial charge < -0.3 is 25.7 Å². The average Bonchev–Trinajstić information content (AvgIpc) is 3.26. The molecule has 1 aliphatic heterocycles. The van der Waals surface area contributed by atoms with E-state index in [4.69, 9.17) is 29.6 Å². The van der Waals surface area contributed by atoms with E-state index in [1.165, 1.54) is 0 Å². The highest BCUT2D eigenvalue weighted by Crippen LogP contribution is 2.41. The molecule has 0 bridgehead atoms. The van der Waals surface area contributed by atoms with Gasteiger partial charge in [0.15, 0.2) is 5.11 Å². The third kappa shape index (κ3) is 3.29. The molecule has 5 atom stereocenters. The number of thiocarbonyl (C=S) groups is 1. The molecule has 2 fully saturated rings. The molecule has 0 radical (unpaired) electrons. The van der Waals surface area contributed by atoms with Crippen molar-refractivity contribution < 1.29 is 15.0 Å². The van der Waals surface area contributed by atoms with Crippen LogP contribution in [0.4, 0.5) is 5.69 Å².